The summed E-state index contributed by atoms with van der Waals surface area (Å²) in [5.41, 5.74) is 1.02. The number of rotatable bonds is 1. The van der Waals surface area contributed by atoms with Crippen LogP contribution in [0.15, 0.2) is 35.3 Å². The van der Waals surface area contributed by atoms with E-state index in [2.05, 4.69) is 26.0 Å². The van der Waals surface area contributed by atoms with Crippen LogP contribution in [0.25, 0.3) is 0 Å². The summed E-state index contributed by atoms with van der Waals surface area (Å²) >= 11 is 0. The van der Waals surface area contributed by atoms with Crippen molar-refractivity contribution in [1.82, 2.24) is 0 Å². The SMILES string of the molecule is CC1(C)OC(c2ccccc2)=NC2CCCCC21. The van der Waals surface area contributed by atoms with E-state index >= 15 is 0 Å². The number of aliphatic imine (C=N–C) groups is 1. The molecule has 2 unspecified atom stereocenters. The molecule has 1 saturated carbocycles. The first-order valence-corrected chi connectivity index (χ1v) is 6.99. The van der Waals surface area contributed by atoms with E-state index in [4.69, 9.17) is 9.73 Å². The van der Waals surface area contributed by atoms with Gasteiger partial charge in [-0.15, -0.1) is 0 Å². The Bertz CT molecular complexity index is 449. The van der Waals surface area contributed by atoms with E-state index in [-0.39, 0.29) is 5.60 Å². The van der Waals surface area contributed by atoms with Gasteiger partial charge in [-0.2, -0.15) is 0 Å². The molecule has 1 aliphatic heterocycles. The first-order chi connectivity index (χ1) is 8.67. The molecule has 18 heavy (non-hydrogen) atoms. The summed E-state index contributed by atoms with van der Waals surface area (Å²) in [7, 11) is 0. The van der Waals surface area contributed by atoms with Crippen LogP contribution in [0.3, 0.4) is 0 Å². The van der Waals surface area contributed by atoms with Crippen molar-refractivity contribution < 1.29 is 4.74 Å². The molecule has 0 radical (unpaired) electrons. The molecule has 1 fully saturated rings. The van der Waals surface area contributed by atoms with Gasteiger partial charge in [-0.05, 0) is 38.8 Å². The van der Waals surface area contributed by atoms with E-state index in [0.717, 1.165) is 11.5 Å². The molecule has 0 aromatic heterocycles. The highest BCUT2D eigenvalue weighted by Crippen LogP contribution is 2.40. The number of ether oxygens (including phenoxy) is 1. The third-order valence-corrected chi connectivity index (χ3v) is 4.29. The Morgan fingerprint density at radius 1 is 1.11 bits per heavy atom. The van der Waals surface area contributed by atoms with Crippen molar-refractivity contribution in [3.05, 3.63) is 35.9 Å². The highest BCUT2D eigenvalue weighted by Gasteiger charge is 2.43. The molecule has 0 amide bonds. The monoisotopic (exact) mass is 243 g/mol. The Morgan fingerprint density at radius 2 is 1.83 bits per heavy atom. The zero-order valence-electron chi connectivity index (χ0n) is 11.2. The van der Waals surface area contributed by atoms with E-state index < -0.39 is 0 Å². The number of hydrogen-bond donors (Lipinski definition) is 0. The standard InChI is InChI=1S/C16H21NO/c1-16(2)13-10-6-7-11-14(13)17-15(18-16)12-8-4-3-5-9-12/h3-5,8-9,13-14H,6-7,10-11H2,1-2H3. The third kappa shape index (κ3) is 2.05. The van der Waals surface area contributed by atoms with E-state index in [9.17, 15) is 0 Å². The van der Waals surface area contributed by atoms with Gasteiger partial charge in [-0.3, -0.25) is 0 Å². The zero-order valence-corrected chi connectivity index (χ0v) is 11.2. The van der Waals surface area contributed by atoms with Gasteiger partial charge in [0, 0.05) is 11.5 Å². The second-order valence-corrected chi connectivity index (χ2v) is 5.96. The van der Waals surface area contributed by atoms with Crippen molar-refractivity contribution in [2.45, 2.75) is 51.2 Å². The van der Waals surface area contributed by atoms with Crippen LogP contribution in [-0.2, 0) is 4.74 Å². The summed E-state index contributed by atoms with van der Waals surface area (Å²) in [6, 6.07) is 10.7. The molecule has 3 rings (SSSR count). The summed E-state index contributed by atoms with van der Waals surface area (Å²) in [5.74, 6) is 1.42. The Balaban J connectivity index is 1.95. The summed E-state index contributed by atoms with van der Waals surface area (Å²) < 4.78 is 6.18. The van der Waals surface area contributed by atoms with Gasteiger partial charge in [-0.25, -0.2) is 4.99 Å². The van der Waals surface area contributed by atoms with Crippen LogP contribution in [0.2, 0.25) is 0 Å². The lowest BCUT2D eigenvalue weighted by molar-refractivity contribution is -0.0115. The van der Waals surface area contributed by atoms with Gasteiger partial charge in [-0.1, -0.05) is 31.0 Å². The molecule has 0 saturated heterocycles. The molecule has 1 aromatic rings. The van der Waals surface area contributed by atoms with Gasteiger partial charge < -0.3 is 4.74 Å². The molecule has 1 aliphatic carbocycles. The summed E-state index contributed by atoms with van der Waals surface area (Å²) in [6.45, 7) is 4.43. The minimum absolute atomic E-state index is 0.0853. The van der Waals surface area contributed by atoms with Gasteiger partial charge >= 0.3 is 0 Å². The molecular formula is C16H21NO. The van der Waals surface area contributed by atoms with Crippen LogP contribution < -0.4 is 0 Å². The van der Waals surface area contributed by atoms with Crippen molar-refractivity contribution >= 4 is 5.90 Å². The predicted octanol–water partition coefficient (Wildman–Crippen LogP) is 3.80. The lowest BCUT2D eigenvalue weighted by Gasteiger charge is -2.44. The highest BCUT2D eigenvalue weighted by atomic mass is 16.5. The number of fused-ring (bicyclic) bond motifs is 1. The maximum Gasteiger partial charge on any atom is 0.216 e. The average molecular weight is 243 g/mol. The Labute approximate surface area is 109 Å². The lowest BCUT2D eigenvalue weighted by atomic mass is 9.74. The van der Waals surface area contributed by atoms with Gasteiger partial charge in [0.2, 0.25) is 5.90 Å². The quantitative estimate of drug-likeness (QED) is 0.735. The molecule has 2 heteroatoms. The van der Waals surface area contributed by atoms with E-state index in [1.54, 1.807) is 0 Å². The normalized spacial score (nSPS) is 30.0. The molecule has 96 valence electrons. The summed E-state index contributed by atoms with van der Waals surface area (Å²) in [6.07, 6.45) is 5.10. The minimum Gasteiger partial charge on any atom is -0.471 e. The molecule has 1 heterocycles. The molecule has 2 aliphatic rings. The first-order valence-electron chi connectivity index (χ1n) is 6.99. The third-order valence-electron chi connectivity index (χ3n) is 4.29. The van der Waals surface area contributed by atoms with Crippen molar-refractivity contribution in [3.63, 3.8) is 0 Å². The number of nitrogens with zero attached hydrogens (tertiary/aromatic N) is 1. The minimum atomic E-state index is -0.0853. The van der Waals surface area contributed by atoms with Crippen molar-refractivity contribution in [2.24, 2.45) is 10.9 Å². The Morgan fingerprint density at radius 3 is 2.61 bits per heavy atom. The van der Waals surface area contributed by atoms with Gasteiger partial charge in [0.05, 0.1) is 6.04 Å². The van der Waals surface area contributed by atoms with Crippen molar-refractivity contribution in [3.8, 4) is 0 Å². The molecule has 2 atom stereocenters. The van der Waals surface area contributed by atoms with Crippen LogP contribution in [0, 0.1) is 5.92 Å². The molecule has 2 nitrogen and oxygen atoms in total. The second-order valence-electron chi connectivity index (χ2n) is 5.96. The fraction of sp³-hybridized carbons (Fsp3) is 0.562. The number of hydrogen-bond acceptors (Lipinski definition) is 2. The van der Waals surface area contributed by atoms with Gasteiger partial charge in [0.15, 0.2) is 0 Å². The maximum atomic E-state index is 6.18. The van der Waals surface area contributed by atoms with E-state index in [1.165, 1.54) is 25.7 Å². The van der Waals surface area contributed by atoms with Crippen LogP contribution in [0.1, 0.15) is 45.1 Å². The van der Waals surface area contributed by atoms with Gasteiger partial charge in [0.1, 0.15) is 5.60 Å². The molecular weight excluding hydrogens is 222 g/mol. The second kappa shape index (κ2) is 4.42. The number of benzene rings is 1. The molecule has 0 N–H and O–H groups in total. The Hall–Kier alpha value is -1.31. The first kappa shape index (κ1) is 11.8. The summed E-state index contributed by atoms with van der Waals surface area (Å²) in [4.78, 5) is 4.86. The topological polar surface area (TPSA) is 21.6 Å². The Kier molecular flexibility index (Phi) is 2.89. The average Bonchev–Trinajstić information content (AvgIpc) is 2.39. The van der Waals surface area contributed by atoms with Crippen LogP contribution >= 0.6 is 0 Å². The van der Waals surface area contributed by atoms with E-state index in [1.807, 2.05) is 18.2 Å². The fourth-order valence-corrected chi connectivity index (χ4v) is 3.29. The van der Waals surface area contributed by atoms with E-state index in [0.29, 0.717) is 12.0 Å². The van der Waals surface area contributed by atoms with Crippen LogP contribution in [-0.4, -0.2) is 17.5 Å². The lowest BCUT2D eigenvalue weighted by Crippen LogP contribution is -2.48. The van der Waals surface area contributed by atoms with Crippen LogP contribution in [0.5, 0.6) is 0 Å². The molecule has 0 bridgehead atoms. The predicted molar refractivity (Wildman–Crippen MR) is 73.9 cm³/mol. The molecule has 1 aromatic carbocycles. The fourth-order valence-electron chi connectivity index (χ4n) is 3.29. The highest BCUT2D eigenvalue weighted by molar-refractivity contribution is 5.94. The zero-order chi connectivity index (χ0) is 12.6. The maximum absolute atomic E-state index is 6.18. The van der Waals surface area contributed by atoms with Gasteiger partial charge in [0.25, 0.3) is 0 Å². The summed E-state index contributed by atoms with van der Waals surface area (Å²) in [5, 5.41) is 0. The van der Waals surface area contributed by atoms with Crippen LogP contribution in [0.4, 0.5) is 0 Å². The molecule has 0 spiro atoms. The largest absolute Gasteiger partial charge is 0.471 e. The van der Waals surface area contributed by atoms with Crippen molar-refractivity contribution in [1.29, 1.82) is 0 Å². The smallest absolute Gasteiger partial charge is 0.216 e. The van der Waals surface area contributed by atoms with Crippen molar-refractivity contribution in [2.75, 3.05) is 0 Å².